The van der Waals surface area contributed by atoms with Gasteiger partial charge in [-0.05, 0) is 41.5 Å². The number of amides is 1. The SMILES string of the molecule is CN(CC(F)(F)F)C(=O)C1CN(Cc2ccc(OCc3cc(Cl)cc(Cl)c3)cc2)C1. The Hall–Kier alpha value is -1.96. The first-order chi connectivity index (χ1) is 14.1. The standard InChI is InChI=1S/C21H21Cl2F3N2O2/c1-27(13-21(24,25)26)20(29)16-10-28(11-16)9-14-2-4-19(5-3-14)30-12-15-6-17(22)8-18(23)7-15/h2-8,16H,9-13H2,1H3. The Kier molecular flexibility index (Phi) is 7.16. The molecule has 30 heavy (non-hydrogen) atoms. The van der Waals surface area contributed by atoms with Gasteiger partial charge in [-0.3, -0.25) is 9.69 Å². The van der Waals surface area contributed by atoms with Crippen LogP contribution in [0, 0.1) is 5.92 Å². The molecule has 4 nitrogen and oxygen atoms in total. The lowest BCUT2D eigenvalue weighted by molar-refractivity contribution is -0.164. The first-order valence-electron chi connectivity index (χ1n) is 9.30. The van der Waals surface area contributed by atoms with Gasteiger partial charge in [-0.2, -0.15) is 13.2 Å². The maximum atomic E-state index is 12.4. The molecule has 9 heteroatoms. The highest BCUT2D eigenvalue weighted by molar-refractivity contribution is 6.34. The third kappa shape index (κ3) is 6.52. The van der Waals surface area contributed by atoms with E-state index in [4.69, 9.17) is 27.9 Å². The fraction of sp³-hybridized carbons (Fsp3) is 0.381. The zero-order valence-electron chi connectivity index (χ0n) is 16.3. The van der Waals surface area contributed by atoms with Gasteiger partial charge in [0, 0.05) is 36.7 Å². The van der Waals surface area contributed by atoms with Crippen LogP contribution in [0.4, 0.5) is 13.2 Å². The topological polar surface area (TPSA) is 32.8 Å². The molecule has 0 spiro atoms. The fourth-order valence-electron chi connectivity index (χ4n) is 3.32. The number of halogens is 5. The van der Waals surface area contributed by atoms with Crippen molar-refractivity contribution in [3.8, 4) is 5.75 Å². The van der Waals surface area contributed by atoms with Crippen molar-refractivity contribution >= 4 is 29.1 Å². The van der Waals surface area contributed by atoms with Crippen LogP contribution in [0.3, 0.4) is 0 Å². The second-order valence-corrected chi connectivity index (χ2v) is 8.28. The molecule has 1 amide bonds. The Labute approximate surface area is 183 Å². The van der Waals surface area contributed by atoms with E-state index in [0.29, 0.717) is 42.0 Å². The third-order valence-electron chi connectivity index (χ3n) is 4.76. The van der Waals surface area contributed by atoms with Crippen LogP contribution in [0.1, 0.15) is 11.1 Å². The van der Waals surface area contributed by atoms with Crippen molar-refractivity contribution in [3.05, 3.63) is 63.6 Å². The van der Waals surface area contributed by atoms with Crippen molar-refractivity contribution in [1.82, 2.24) is 9.80 Å². The van der Waals surface area contributed by atoms with Gasteiger partial charge in [-0.15, -0.1) is 0 Å². The van der Waals surface area contributed by atoms with Gasteiger partial charge >= 0.3 is 6.18 Å². The molecule has 0 bridgehead atoms. The normalized spacial score (nSPS) is 15.0. The average molecular weight is 461 g/mol. The summed E-state index contributed by atoms with van der Waals surface area (Å²) in [5, 5.41) is 1.10. The monoisotopic (exact) mass is 460 g/mol. The van der Waals surface area contributed by atoms with Crippen molar-refractivity contribution in [1.29, 1.82) is 0 Å². The van der Waals surface area contributed by atoms with E-state index in [1.165, 1.54) is 7.05 Å². The van der Waals surface area contributed by atoms with Gasteiger partial charge in [0.2, 0.25) is 5.91 Å². The number of hydrogen-bond donors (Lipinski definition) is 0. The van der Waals surface area contributed by atoms with Gasteiger partial charge in [-0.1, -0.05) is 35.3 Å². The lowest BCUT2D eigenvalue weighted by Gasteiger charge is -2.40. The quantitative estimate of drug-likeness (QED) is 0.581. The molecule has 1 fully saturated rings. The van der Waals surface area contributed by atoms with E-state index < -0.39 is 18.6 Å². The highest BCUT2D eigenvalue weighted by Gasteiger charge is 2.38. The Morgan fingerprint density at radius 2 is 1.70 bits per heavy atom. The second kappa shape index (κ2) is 9.45. The Balaban J connectivity index is 1.44. The molecule has 1 aliphatic rings. The van der Waals surface area contributed by atoms with Gasteiger partial charge in [0.25, 0.3) is 0 Å². The molecule has 1 saturated heterocycles. The Morgan fingerprint density at radius 3 is 2.27 bits per heavy atom. The summed E-state index contributed by atoms with van der Waals surface area (Å²) >= 11 is 12.0. The molecule has 2 aromatic carbocycles. The molecule has 0 aliphatic carbocycles. The molecule has 162 valence electrons. The van der Waals surface area contributed by atoms with Crippen LogP contribution in [-0.2, 0) is 17.9 Å². The predicted molar refractivity (Wildman–Crippen MR) is 110 cm³/mol. The van der Waals surface area contributed by atoms with Gasteiger partial charge in [0.1, 0.15) is 18.9 Å². The number of nitrogens with zero attached hydrogens (tertiary/aromatic N) is 2. The molecule has 0 radical (unpaired) electrons. The number of carbonyl (C=O) groups excluding carboxylic acids is 1. The zero-order chi connectivity index (χ0) is 21.9. The summed E-state index contributed by atoms with van der Waals surface area (Å²) in [7, 11) is 1.19. The van der Waals surface area contributed by atoms with E-state index in [1.54, 1.807) is 18.2 Å². The number of ether oxygens (including phenoxy) is 1. The van der Waals surface area contributed by atoms with Crippen molar-refractivity contribution < 1.29 is 22.7 Å². The molecule has 0 atom stereocenters. The van der Waals surface area contributed by atoms with Crippen LogP contribution < -0.4 is 4.74 Å². The lowest BCUT2D eigenvalue weighted by atomic mass is 9.97. The molecule has 1 aliphatic heterocycles. The minimum atomic E-state index is -4.38. The summed E-state index contributed by atoms with van der Waals surface area (Å²) in [6.45, 7) is 0.646. The van der Waals surface area contributed by atoms with Crippen LogP contribution in [0.5, 0.6) is 5.75 Å². The second-order valence-electron chi connectivity index (χ2n) is 7.41. The van der Waals surface area contributed by atoms with Crippen LogP contribution >= 0.6 is 23.2 Å². The van der Waals surface area contributed by atoms with Gasteiger partial charge in [-0.25, -0.2) is 0 Å². The molecule has 1 heterocycles. The molecule has 0 unspecified atom stereocenters. The van der Waals surface area contributed by atoms with Gasteiger partial charge in [0.15, 0.2) is 0 Å². The number of likely N-dealkylation sites (tertiary alicyclic amines) is 1. The maximum Gasteiger partial charge on any atom is 0.406 e. The van der Waals surface area contributed by atoms with Crippen LogP contribution in [0.15, 0.2) is 42.5 Å². The summed E-state index contributed by atoms with van der Waals surface area (Å²) in [4.78, 5) is 14.8. The number of alkyl halides is 3. The van der Waals surface area contributed by atoms with E-state index in [9.17, 15) is 18.0 Å². The summed E-state index contributed by atoms with van der Waals surface area (Å²) in [5.74, 6) is -0.154. The zero-order valence-corrected chi connectivity index (χ0v) is 17.8. The summed E-state index contributed by atoms with van der Waals surface area (Å²) in [5.41, 5.74) is 1.89. The number of hydrogen-bond acceptors (Lipinski definition) is 3. The molecular weight excluding hydrogens is 440 g/mol. The fourth-order valence-corrected chi connectivity index (χ4v) is 3.90. The van der Waals surface area contributed by atoms with Crippen LogP contribution in [0.2, 0.25) is 10.0 Å². The number of rotatable bonds is 7. The minimum absolute atomic E-state index is 0.334. The van der Waals surface area contributed by atoms with E-state index in [2.05, 4.69) is 0 Å². The van der Waals surface area contributed by atoms with E-state index in [-0.39, 0.29) is 5.92 Å². The summed E-state index contributed by atoms with van der Waals surface area (Å²) in [6, 6.07) is 12.8. The minimum Gasteiger partial charge on any atom is -0.489 e. The lowest BCUT2D eigenvalue weighted by Crippen LogP contribution is -2.54. The molecular formula is C21H21Cl2F3N2O2. The summed E-state index contributed by atoms with van der Waals surface area (Å²) < 4.78 is 43.0. The van der Waals surface area contributed by atoms with E-state index >= 15 is 0 Å². The predicted octanol–water partition coefficient (Wildman–Crippen LogP) is 5.02. The molecule has 0 saturated carbocycles. The molecule has 3 rings (SSSR count). The maximum absolute atomic E-state index is 12.4. The molecule has 2 aromatic rings. The Bertz CT molecular complexity index is 865. The van der Waals surface area contributed by atoms with E-state index in [0.717, 1.165) is 16.0 Å². The van der Waals surface area contributed by atoms with Crippen molar-refractivity contribution in [2.45, 2.75) is 19.3 Å². The van der Waals surface area contributed by atoms with Crippen molar-refractivity contribution in [2.24, 2.45) is 5.92 Å². The third-order valence-corrected chi connectivity index (χ3v) is 5.19. The first kappa shape index (κ1) is 22.7. The van der Waals surface area contributed by atoms with Crippen LogP contribution in [0.25, 0.3) is 0 Å². The molecule has 0 N–H and O–H groups in total. The van der Waals surface area contributed by atoms with Crippen molar-refractivity contribution in [3.63, 3.8) is 0 Å². The van der Waals surface area contributed by atoms with Gasteiger partial charge in [0.05, 0.1) is 5.92 Å². The number of benzene rings is 2. The Morgan fingerprint density at radius 1 is 1.10 bits per heavy atom. The highest BCUT2D eigenvalue weighted by atomic mass is 35.5. The first-order valence-corrected chi connectivity index (χ1v) is 10.1. The van der Waals surface area contributed by atoms with E-state index in [1.807, 2.05) is 29.2 Å². The summed E-state index contributed by atoms with van der Waals surface area (Å²) in [6.07, 6.45) is -4.38. The highest BCUT2D eigenvalue weighted by Crippen LogP contribution is 2.24. The van der Waals surface area contributed by atoms with Crippen LogP contribution in [-0.4, -0.2) is 48.6 Å². The average Bonchev–Trinajstić information content (AvgIpc) is 2.61. The van der Waals surface area contributed by atoms with Crippen molar-refractivity contribution in [2.75, 3.05) is 26.7 Å². The number of carbonyl (C=O) groups is 1. The van der Waals surface area contributed by atoms with Gasteiger partial charge < -0.3 is 9.64 Å². The largest absolute Gasteiger partial charge is 0.489 e. The molecule has 0 aromatic heterocycles. The smallest absolute Gasteiger partial charge is 0.406 e.